The maximum absolute atomic E-state index is 12.3. The average Bonchev–Trinajstić information content (AvgIpc) is 3.08. The first-order chi connectivity index (χ1) is 14.5. The molecule has 1 aromatic heterocycles. The molecule has 30 heavy (non-hydrogen) atoms. The van der Waals surface area contributed by atoms with Crippen molar-refractivity contribution in [2.24, 2.45) is 0 Å². The zero-order valence-corrected chi connectivity index (χ0v) is 17.1. The maximum Gasteiger partial charge on any atom is 0.251 e. The van der Waals surface area contributed by atoms with Gasteiger partial charge in [0, 0.05) is 52.6 Å². The minimum atomic E-state index is -0.261. The number of rotatable bonds is 7. The summed E-state index contributed by atoms with van der Waals surface area (Å²) in [4.78, 5) is 24.3. The average molecular weight is 400 g/mol. The molecule has 0 aliphatic rings. The van der Waals surface area contributed by atoms with E-state index in [4.69, 9.17) is 5.26 Å². The number of aryl methyl sites for hydroxylation is 1. The molecule has 0 fully saturated rings. The van der Waals surface area contributed by atoms with E-state index in [1.165, 1.54) is 6.08 Å². The third-order valence-corrected chi connectivity index (χ3v) is 4.53. The molecule has 0 aliphatic heterocycles. The molecule has 0 saturated carbocycles. The Bertz CT molecular complexity index is 1120. The number of para-hydroxylation sites is 1. The molecule has 0 unspecified atom stereocenters. The topological polar surface area (TPSA) is 86.9 Å². The number of nitrogens with one attached hydrogen (secondary N) is 2. The molecule has 3 rings (SSSR count). The molecular formula is C24H24N4O2. The van der Waals surface area contributed by atoms with Crippen molar-refractivity contribution in [1.82, 2.24) is 9.88 Å². The fraction of sp³-hybridized carbons (Fsp3) is 0.208. The van der Waals surface area contributed by atoms with E-state index in [0.717, 1.165) is 16.5 Å². The summed E-state index contributed by atoms with van der Waals surface area (Å²) in [6.45, 7) is 4.41. The first-order valence-electron chi connectivity index (χ1n) is 9.82. The second-order valence-electron chi connectivity index (χ2n) is 7.23. The highest BCUT2D eigenvalue weighted by Crippen LogP contribution is 2.23. The first kappa shape index (κ1) is 20.9. The quantitative estimate of drug-likeness (QED) is 0.578. The third kappa shape index (κ3) is 5.15. The number of carbonyl (C=O) groups is 2. The Kier molecular flexibility index (Phi) is 6.66. The van der Waals surface area contributed by atoms with E-state index in [1.807, 2.05) is 48.9 Å². The Morgan fingerprint density at radius 3 is 2.57 bits per heavy atom. The molecule has 6 nitrogen and oxygen atoms in total. The number of hydrogen-bond acceptors (Lipinski definition) is 3. The van der Waals surface area contributed by atoms with Crippen LogP contribution in [-0.4, -0.2) is 22.4 Å². The zero-order valence-electron chi connectivity index (χ0n) is 17.1. The molecule has 0 spiro atoms. The molecule has 0 bridgehead atoms. The molecule has 6 heteroatoms. The van der Waals surface area contributed by atoms with Gasteiger partial charge in [0.1, 0.15) is 0 Å². The van der Waals surface area contributed by atoms with Gasteiger partial charge in [-0.05, 0) is 50.3 Å². The van der Waals surface area contributed by atoms with Gasteiger partial charge < -0.3 is 15.2 Å². The van der Waals surface area contributed by atoms with Gasteiger partial charge in [-0.25, -0.2) is 0 Å². The highest BCUT2D eigenvalue weighted by atomic mass is 16.2. The summed E-state index contributed by atoms with van der Waals surface area (Å²) in [5, 5.41) is 15.5. The summed E-state index contributed by atoms with van der Waals surface area (Å²) < 4.78 is 2.02. The van der Waals surface area contributed by atoms with Crippen LogP contribution in [0.4, 0.5) is 5.69 Å². The van der Waals surface area contributed by atoms with Gasteiger partial charge in [0.2, 0.25) is 5.91 Å². The van der Waals surface area contributed by atoms with Crippen molar-refractivity contribution in [3.63, 3.8) is 0 Å². The molecule has 0 radical (unpaired) electrons. The Morgan fingerprint density at radius 2 is 1.87 bits per heavy atom. The van der Waals surface area contributed by atoms with Gasteiger partial charge in [0.15, 0.2) is 0 Å². The van der Waals surface area contributed by atoms with Crippen LogP contribution in [0, 0.1) is 11.3 Å². The summed E-state index contributed by atoms with van der Waals surface area (Å²) in [5.74, 6) is -0.404. The van der Waals surface area contributed by atoms with Crippen LogP contribution in [0.5, 0.6) is 0 Å². The lowest BCUT2D eigenvalue weighted by atomic mass is 10.1. The minimum absolute atomic E-state index is 0.0628. The number of hydrogen-bond donors (Lipinski definition) is 2. The van der Waals surface area contributed by atoms with Gasteiger partial charge in [0.25, 0.3) is 5.91 Å². The predicted molar refractivity (Wildman–Crippen MR) is 119 cm³/mol. The molecule has 0 aliphatic carbocycles. The van der Waals surface area contributed by atoms with Crippen molar-refractivity contribution in [3.8, 4) is 6.07 Å². The number of benzene rings is 2. The lowest BCUT2D eigenvalue weighted by molar-refractivity contribution is -0.111. The zero-order chi connectivity index (χ0) is 21.5. The Labute approximate surface area is 175 Å². The molecule has 2 N–H and O–H groups in total. The highest BCUT2D eigenvalue weighted by molar-refractivity contribution is 6.04. The minimum Gasteiger partial charge on any atom is -0.350 e. The molecule has 0 atom stereocenters. The van der Waals surface area contributed by atoms with Gasteiger partial charge in [-0.3, -0.25) is 9.59 Å². The highest BCUT2D eigenvalue weighted by Gasteiger charge is 2.08. The fourth-order valence-corrected chi connectivity index (χ4v) is 3.16. The van der Waals surface area contributed by atoms with Crippen molar-refractivity contribution < 1.29 is 9.59 Å². The Morgan fingerprint density at radius 1 is 1.13 bits per heavy atom. The number of fused-ring (bicyclic) bond motifs is 1. The van der Waals surface area contributed by atoms with Gasteiger partial charge in [-0.15, -0.1) is 0 Å². The Balaban J connectivity index is 1.69. The number of nitriles is 1. The van der Waals surface area contributed by atoms with Crippen LogP contribution in [0.3, 0.4) is 0 Å². The van der Waals surface area contributed by atoms with E-state index >= 15 is 0 Å². The molecule has 152 valence electrons. The summed E-state index contributed by atoms with van der Waals surface area (Å²) in [6.07, 6.45) is 5.63. The van der Waals surface area contributed by atoms with Crippen LogP contribution < -0.4 is 10.6 Å². The van der Waals surface area contributed by atoms with E-state index in [9.17, 15) is 9.59 Å². The monoisotopic (exact) mass is 400 g/mol. The van der Waals surface area contributed by atoms with E-state index in [1.54, 1.807) is 30.3 Å². The van der Waals surface area contributed by atoms with Gasteiger partial charge in [-0.2, -0.15) is 5.26 Å². The van der Waals surface area contributed by atoms with Crippen LogP contribution in [-0.2, 0) is 11.3 Å². The lowest BCUT2D eigenvalue weighted by Crippen LogP contribution is -2.29. The summed E-state index contributed by atoms with van der Waals surface area (Å²) in [7, 11) is 0. The molecule has 1 heterocycles. The van der Waals surface area contributed by atoms with Crippen molar-refractivity contribution in [3.05, 3.63) is 71.9 Å². The lowest BCUT2D eigenvalue weighted by Gasteiger charge is -2.09. The SMILES string of the molecule is CC(C)NC(=O)c1ccc(NC(=O)/C=C/c2cn(CCC#N)c3ccccc23)cc1. The van der Waals surface area contributed by atoms with Crippen molar-refractivity contribution in [2.45, 2.75) is 32.9 Å². The van der Waals surface area contributed by atoms with Gasteiger partial charge >= 0.3 is 0 Å². The van der Waals surface area contributed by atoms with Crippen LogP contribution in [0.2, 0.25) is 0 Å². The molecular weight excluding hydrogens is 376 g/mol. The smallest absolute Gasteiger partial charge is 0.251 e. The van der Waals surface area contributed by atoms with E-state index in [0.29, 0.717) is 24.2 Å². The van der Waals surface area contributed by atoms with Gasteiger partial charge in [0.05, 0.1) is 12.5 Å². The summed E-state index contributed by atoms with van der Waals surface area (Å²) in [6, 6.07) is 16.9. The number of aromatic nitrogens is 1. The van der Waals surface area contributed by atoms with Crippen molar-refractivity contribution in [2.75, 3.05) is 5.32 Å². The number of anilines is 1. The number of carbonyl (C=O) groups excluding carboxylic acids is 2. The van der Waals surface area contributed by atoms with E-state index in [2.05, 4.69) is 16.7 Å². The predicted octanol–water partition coefficient (Wildman–Crippen LogP) is 4.35. The summed E-state index contributed by atoms with van der Waals surface area (Å²) in [5.41, 5.74) is 3.10. The van der Waals surface area contributed by atoms with Crippen LogP contribution in [0.15, 0.2) is 60.8 Å². The maximum atomic E-state index is 12.3. The molecule has 2 aromatic carbocycles. The Hall–Kier alpha value is -3.85. The van der Waals surface area contributed by atoms with E-state index in [-0.39, 0.29) is 17.9 Å². The van der Waals surface area contributed by atoms with Crippen LogP contribution >= 0.6 is 0 Å². The number of amides is 2. The standard InChI is InChI=1S/C24H24N4O2/c1-17(2)26-24(30)18-8-11-20(12-9-18)27-23(29)13-10-19-16-28(15-5-14-25)22-7-4-3-6-21(19)22/h3-4,6-13,16-17H,5,15H2,1-2H3,(H,26,30)(H,27,29)/b13-10+. The van der Waals surface area contributed by atoms with Crippen LogP contribution in [0.25, 0.3) is 17.0 Å². The third-order valence-electron chi connectivity index (χ3n) is 4.53. The number of nitrogens with zero attached hydrogens (tertiary/aromatic N) is 2. The first-order valence-corrected chi connectivity index (χ1v) is 9.82. The van der Waals surface area contributed by atoms with Crippen LogP contribution in [0.1, 0.15) is 36.2 Å². The second kappa shape index (κ2) is 9.57. The fourth-order valence-electron chi connectivity index (χ4n) is 3.16. The second-order valence-corrected chi connectivity index (χ2v) is 7.23. The van der Waals surface area contributed by atoms with E-state index < -0.39 is 0 Å². The van der Waals surface area contributed by atoms with Crippen molar-refractivity contribution >= 4 is 34.5 Å². The molecule has 3 aromatic rings. The molecule has 0 saturated heterocycles. The van der Waals surface area contributed by atoms with Gasteiger partial charge in [-0.1, -0.05) is 18.2 Å². The largest absolute Gasteiger partial charge is 0.350 e. The van der Waals surface area contributed by atoms with Crippen molar-refractivity contribution in [1.29, 1.82) is 5.26 Å². The summed E-state index contributed by atoms with van der Waals surface area (Å²) >= 11 is 0. The molecule has 2 amide bonds. The normalized spacial score (nSPS) is 11.0.